The van der Waals surface area contributed by atoms with Crippen molar-refractivity contribution < 1.29 is 14.6 Å². The third-order valence-electron chi connectivity index (χ3n) is 5.21. The second-order valence-corrected chi connectivity index (χ2v) is 6.83. The number of fused-ring (bicyclic) bond motifs is 1. The Hall–Kier alpha value is -1.79. The molecule has 1 unspecified atom stereocenters. The maximum absolute atomic E-state index is 11.6. The summed E-state index contributed by atoms with van der Waals surface area (Å²) < 4.78 is 5.57. The molecular weight excluding hydrogens is 318 g/mol. The number of carbonyl (C=O) groups excluding carboxylic acids is 1. The third kappa shape index (κ3) is 4.44. The number of nitrogens with one attached hydrogen (secondary N) is 1. The quantitative estimate of drug-likeness (QED) is 0.852. The van der Waals surface area contributed by atoms with E-state index < -0.39 is 0 Å². The molecule has 2 N–H and O–H groups in total. The molecular formula is C19H29N3O3. The number of ether oxygens (including phenoxy) is 1. The lowest BCUT2D eigenvalue weighted by molar-refractivity contribution is 0.0892. The minimum absolute atomic E-state index is 0.144. The van der Waals surface area contributed by atoms with Crippen molar-refractivity contribution in [2.45, 2.75) is 31.8 Å². The van der Waals surface area contributed by atoms with E-state index in [2.05, 4.69) is 33.3 Å². The van der Waals surface area contributed by atoms with Gasteiger partial charge in [0.1, 0.15) is 6.10 Å². The van der Waals surface area contributed by atoms with Gasteiger partial charge in [-0.2, -0.15) is 0 Å². The summed E-state index contributed by atoms with van der Waals surface area (Å²) in [5, 5.41) is 11.5. The van der Waals surface area contributed by atoms with E-state index in [1.54, 1.807) is 7.05 Å². The van der Waals surface area contributed by atoms with E-state index in [-0.39, 0.29) is 18.8 Å². The molecule has 1 aliphatic carbocycles. The smallest absolute Gasteiger partial charge is 0.407 e. The summed E-state index contributed by atoms with van der Waals surface area (Å²) >= 11 is 0. The number of alkyl carbamates (subject to hydrolysis) is 1. The van der Waals surface area contributed by atoms with E-state index >= 15 is 0 Å². The molecule has 0 radical (unpaired) electrons. The largest absolute Gasteiger partial charge is 0.441 e. The zero-order chi connectivity index (χ0) is 17.6. The fraction of sp³-hybridized carbons (Fsp3) is 0.632. The normalized spacial score (nSPS) is 20.9. The monoisotopic (exact) mass is 347 g/mol. The van der Waals surface area contributed by atoms with Crippen molar-refractivity contribution in [3.63, 3.8) is 0 Å². The van der Waals surface area contributed by atoms with Gasteiger partial charge in [0.2, 0.25) is 0 Å². The molecule has 1 saturated heterocycles. The van der Waals surface area contributed by atoms with Gasteiger partial charge >= 0.3 is 6.09 Å². The van der Waals surface area contributed by atoms with Crippen molar-refractivity contribution in [2.75, 3.05) is 51.3 Å². The van der Waals surface area contributed by atoms with Crippen LogP contribution in [0.3, 0.4) is 0 Å². The van der Waals surface area contributed by atoms with Crippen molar-refractivity contribution in [1.82, 2.24) is 10.2 Å². The highest BCUT2D eigenvalue weighted by molar-refractivity contribution is 5.67. The van der Waals surface area contributed by atoms with Gasteiger partial charge in [0.15, 0.2) is 0 Å². The summed E-state index contributed by atoms with van der Waals surface area (Å²) in [5.74, 6) is 0. The number of piperazine rings is 1. The van der Waals surface area contributed by atoms with E-state index in [4.69, 9.17) is 9.84 Å². The highest BCUT2D eigenvalue weighted by atomic mass is 16.6. The summed E-state index contributed by atoms with van der Waals surface area (Å²) in [6, 6.07) is 6.61. The van der Waals surface area contributed by atoms with Gasteiger partial charge in [-0.15, -0.1) is 0 Å². The van der Waals surface area contributed by atoms with Gasteiger partial charge in [-0.3, -0.25) is 4.90 Å². The average Bonchev–Trinajstić information content (AvgIpc) is 2.66. The predicted octanol–water partition coefficient (Wildman–Crippen LogP) is 1.92. The number of aliphatic hydroxyl groups excluding tert-OH is 1. The summed E-state index contributed by atoms with van der Waals surface area (Å²) in [6.07, 6.45) is 3.33. The zero-order valence-corrected chi connectivity index (χ0v) is 15.0. The molecule has 0 aromatic heterocycles. The molecule has 138 valence electrons. The Morgan fingerprint density at radius 2 is 2.12 bits per heavy atom. The van der Waals surface area contributed by atoms with E-state index in [0.29, 0.717) is 0 Å². The van der Waals surface area contributed by atoms with E-state index in [0.717, 1.165) is 64.0 Å². The second-order valence-electron chi connectivity index (χ2n) is 6.83. The maximum Gasteiger partial charge on any atom is 0.407 e. The number of hydrogen-bond acceptors (Lipinski definition) is 5. The van der Waals surface area contributed by atoms with E-state index in [1.807, 2.05) is 0 Å². The van der Waals surface area contributed by atoms with Gasteiger partial charge in [-0.25, -0.2) is 4.79 Å². The van der Waals surface area contributed by atoms with Crippen molar-refractivity contribution in [3.8, 4) is 0 Å². The SMILES string of the molecule is CNC(=O)OC1CCCc2ccc(N3CCN(CCCO)CC3)cc21. The number of hydrogen-bond donors (Lipinski definition) is 2. The van der Waals surface area contributed by atoms with Crippen LogP contribution in [0.25, 0.3) is 0 Å². The minimum atomic E-state index is -0.360. The molecule has 1 atom stereocenters. The number of benzene rings is 1. The Morgan fingerprint density at radius 1 is 1.32 bits per heavy atom. The molecule has 0 bridgehead atoms. The molecule has 25 heavy (non-hydrogen) atoms. The van der Waals surface area contributed by atoms with Crippen molar-refractivity contribution in [1.29, 1.82) is 0 Å². The predicted molar refractivity (Wildman–Crippen MR) is 98.0 cm³/mol. The Morgan fingerprint density at radius 3 is 2.84 bits per heavy atom. The van der Waals surface area contributed by atoms with Gasteiger partial charge in [-0.05, 0) is 48.9 Å². The first-order valence-electron chi connectivity index (χ1n) is 9.30. The van der Waals surface area contributed by atoms with Crippen LogP contribution in [-0.2, 0) is 11.2 Å². The van der Waals surface area contributed by atoms with Crippen LogP contribution in [0.4, 0.5) is 10.5 Å². The topological polar surface area (TPSA) is 65.0 Å². The van der Waals surface area contributed by atoms with Gasteiger partial charge in [0, 0.05) is 52.1 Å². The third-order valence-corrected chi connectivity index (χ3v) is 5.21. The molecule has 2 aliphatic rings. The van der Waals surface area contributed by atoms with E-state index in [1.165, 1.54) is 11.3 Å². The number of rotatable bonds is 5. The molecule has 3 rings (SSSR count). The molecule has 1 aromatic rings. The van der Waals surface area contributed by atoms with Crippen molar-refractivity contribution >= 4 is 11.8 Å². The van der Waals surface area contributed by atoms with Crippen LogP contribution in [0.1, 0.15) is 36.5 Å². The fourth-order valence-electron chi connectivity index (χ4n) is 3.77. The number of aliphatic hydroxyl groups is 1. The molecule has 0 saturated carbocycles. The van der Waals surface area contributed by atoms with Gasteiger partial charge < -0.3 is 20.1 Å². The fourth-order valence-corrected chi connectivity index (χ4v) is 3.77. The molecule has 1 amide bonds. The molecule has 1 aromatic carbocycles. The standard InChI is InChI=1S/C19H29N3O3/c1-20-19(24)25-18-5-2-4-15-6-7-16(14-17(15)18)22-11-9-21(10-12-22)8-3-13-23/h6-7,14,18,23H,2-5,8-13H2,1H3,(H,20,24). The lowest BCUT2D eigenvalue weighted by atomic mass is 9.89. The average molecular weight is 347 g/mol. The molecule has 1 heterocycles. The first-order chi connectivity index (χ1) is 12.2. The summed E-state index contributed by atoms with van der Waals surface area (Å²) in [5.41, 5.74) is 3.67. The summed E-state index contributed by atoms with van der Waals surface area (Å²) in [6.45, 7) is 5.26. The number of anilines is 1. The Kier molecular flexibility index (Phi) is 6.15. The lowest BCUT2D eigenvalue weighted by Crippen LogP contribution is -2.46. The van der Waals surface area contributed by atoms with Crippen LogP contribution < -0.4 is 10.2 Å². The van der Waals surface area contributed by atoms with Crippen LogP contribution in [0, 0.1) is 0 Å². The Bertz CT molecular complexity index is 585. The molecule has 1 aliphatic heterocycles. The van der Waals surface area contributed by atoms with Crippen LogP contribution in [0.5, 0.6) is 0 Å². The highest BCUT2D eigenvalue weighted by Crippen LogP contribution is 2.35. The summed E-state index contributed by atoms with van der Waals surface area (Å²) in [4.78, 5) is 16.4. The van der Waals surface area contributed by atoms with E-state index in [9.17, 15) is 4.79 Å². The number of nitrogens with zero attached hydrogens (tertiary/aromatic N) is 2. The molecule has 6 heteroatoms. The minimum Gasteiger partial charge on any atom is -0.441 e. The zero-order valence-electron chi connectivity index (χ0n) is 15.0. The number of aryl methyl sites for hydroxylation is 1. The van der Waals surface area contributed by atoms with Crippen LogP contribution in [0.15, 0.2) is 18.2 Å². The molecule has 0 spiro atoms. The molecule has 6 nitrogen and oxygen atoms in total. The van der Waals surface area contributed by atoms with Crippen LogP contribution >= 0.6 is 0 Å². The van der Waals surface area contributed by atoms with Gasteiger partial charge in [0.05, 0.1) is 0 Å². The van der Waals surface area contributed by atoms with Gasteiger partial charge in [-0.1, -0.05) is 6.07 Å². The van der Waals surface area contributed by atoms with Gasteiger partial charge in [0.25, 0.3) is 0 Å². The van der Waals surface area contributed by atoms with Crippen LogP contribution in [0.2, 0.25) is 0 Å². The van der Waals surface area contributed by atoms with Crippen molar-refractivity contribution in [2.24, 2.45) is 0 Å². The Balaban J connectivity index is 1.68. The second kappa shape index (κ2) is 8.54. The summed E-state index contributed by atoms with van der Waals surface area (Å²) in [7, 11) is 1.60. The maximum atomic E-state index is 11.6. The van der Waals surface area contributed by atoms with Crippen LogP contribution in [-0.4, -0.2) is 62.5 Å². The highest BCUT2D eigenvalue weighted by Gasteiger charge is 2.25. The first kappa shape index (κ1) is 18.0. The Labute approximate surface area is 149 Å². The number of amides is 1. The number of carbonyl (C=O) groups is 1. The lowest BCUT2D eigenvalue weighted by Gasteiger charge is -2.37. The molecule has 1 fully saturated rings. The first-order valence-corrected chi connectivity index (χ1v) is 9.30. The van der Waals surface area contributed by atoms with Crippen molar-refractivity contribution in [3.05, 3.63) is 29.3 Å².